The molecule has 9 nitrogen and oxygen atoms in total. The summed E-state index contributed by atoms with van der Waals surface area (Å²) < 4.78 is 34.8. The van der Waals surface area contributed by atoms with Crippen molar-refractivity contribution in [2.75, 3.05) is 49.1 Å². The zero-order valence-electron chi connectivity index (χ0n) is 25.5. The minimum absolute atomic E-state index is 0.0471. The summed E-state index contributed by atoms with van der Waals surface area (Å²) in [5.74, 6) is -1.60. The maximum Gasteiger partial charge on any atom is 0.318 e. The van der Waals surface area contributed by atoms with E-state index in [0.29, 0.717) is 49.8 Å². The first kappa shape index (κ1) is 31.0. The van der Waals surface area contributed by atoms with Crippen LogP contribution in [0.5, 0.6) is 6.01 Å². The lowest BCUT2D eigenvalue weighted by molar-refractivity contribution is -0.131. The Kier molecular flexibility index (Phi) is 8.80. The molecule has 45 heavy (non-hydrogen) atoms. The van der Waals surface area contributed by atoms with Gasteiger partial charge in [0.2, 0.25) is 0 Å². The summed E-state index contributed by atoms with van der Waals surface area (Å²) in [6.45, 7) is 11.2. The topological polar surface area (TPSA) is 88.8 Å². The Hall–Kier alpha value is -4.01. The Balaban J connectivity index is 1.35. The van der Waals surface area contributed by atoms with Gasteiger partial charge in [-0.05, 0) is 44.2 Å². The van der Waals surface area contributed by atoms with E-state index in [0.717, 1.165) is 41.8 Å². The molecule has 0 aliphatic carbocycles. The van der Waals surface area contributed by atoms with Crippen LogP contribution in [-0.4, -0.2) is 83.1 Å². The average Bonchev–Trinajstić information content (AvgIpc) is 3.50. The molecule has 12 heteroatoms. The Labute approximate surface area is 266 Å². The van der Waals surface area contributed by atoms with Crippen molar-refractivity contribution in [3.8, 4) is 12.1 Å². The van der Waals surface area contributed by atoms with E-state index in [1.807, 2.05) is 18.2 Å². The average molecular weight is 636 g/mol. The minimum Gasteiger partial charge on any atom is -0.459 e. The van der Waals surface area contributed by atoms with Crippen LogP contribution in [0.4, 0.5) is 20.3 Å². The number of anilines is 2. The van der Waals surface area contributed by atoms with E-state index in [1.54, 1.807) is 6.07 Å². The molecule has 0 radical (unpaired) electrons. The fraction of sp³-hybridized carbons (Fsp3) is 0.455. The van der Waals surface area contributed by atoms with Crippen LogP contribution < -0.4 is 14.5 Å². The SMILES string of the molecule is C=C(F)C(=O)N1CCN(c2nc(OC3CCN(C(C)C)C3)nc3c2CCN(c2cccc4ccc(F)c(Cl)c24)C3)C[C@@H]1CC#N. The van der Waals surface area contributed by atoms with Gasteiger partial charge in [0.05, 0.1) is 35.8 Å². The fourth-order valence-corrected chi connectivity index (χ4v) is 6.95. The molecule has 1 unspecified atom stereocenters. The van der Waals surface area contributed by atoms with Gasteiger partial charge in [0.25, 0.3) is 5.91 Å². The zero-order valence-corrected chi connectivity index (χ0v) is 26.2. The first-order chi connectivity index (χ1) is 21.6. The van der Waals surface area contributed by atoms with Gasteiger partial charge in [0.15, 0.2) is 5.83 Å². The van der Waals surface area contributed by atoms with E-state index in [-0.39, 0.29) is 30.1 Å². The molecule has 1 aromatic heterocycles. The molecule has 3 aliphatic rings. The second kappa shape index (κ2) is 12.8. The largest absolute Gasteiger partial charge is 0.459 e. The molecule has 236 valence electrons. The second-order valence-corrected chi connectivity index (χ2v) is 12.5. The van der Waals surface area contributed by atoms with Gasteiger partial charge in [-0.3, -0.25) is 9.69 Å². The molecule has 2 atom stereocenters. The number of ether oxygens (including phenoxy) is 1. The van der Waals surface area contributed by atoms with Gasteiger partial charge in [-0.15, -0.1) is 0 Å². The van der Waals surface area contributed by atoms with E-state index < -0.39 is 23.6 Å². The van der Waals surface area contributed by atoms with Crippen molar-refractivity contribution < 1.29 is 18.3 Å². The monoisotopic (exact) mass is 635 g/mol. The first-order valence-electron chi connectivity index (χ1n) is 15.3. The lowest BCUT2D eigenvalue weighted by Crippen LogP contribution is -2.55. The van der Waals surface area contributed by atoms with Crippen molar-refractivity contribution in [2.45, 2.75) is 57.8 Å². The Morgan fingerprint density at radius 3 is 2.71 bits per heavy atom. The third kappa shape index (κ3) is 6.14. The van der Waals surface area contributed by atoms with Crippen LogP contribution in [0.25, 0.3) is 10.8 Å². The standard InChI is InChI=1S/C33H36ClF2N7O2/c1-20(2)40-13-10-24(18-40)45-33-38-27-19-41(28-6-4-5-22-7-8-26(36)30(34)29(22)28)14-11-25(27)31(39-33)42-15-16-43(32(44)21(3)35)23(17-42)9-12-37/h4-8,20,23-24H,3,9-11,13-19H2,1-2H3/t23-,24?/m0/s1. The van der Waals surface area contributed by atoms with E-state index in [2.05, 4.69) is 41.2 Å². The summed E-state index contributed by atoms with van der Waals surface area (Å²) in [4.78, 5) is 30.3. The van der Waals surface area contributed by atoms with Crippen molar-refractivity contribution in [3.05, 3.63) is 64.8 Å². The zero-order chi connectivity index (χ0) is 31.8. The van der Waals surface area contributed by atoms with E-state index in [4.69, 9.17) is 26.3 Å². The number of benzene rings is 2. The fourth-order valence-electron chi connectivity index (χ4n) is 6.68. The highest BCUT2D eigenvalue weighted by molar-refractivity contribution is 6.36. The summed E-state index contributed by atoms with van der Waals surface area (Å²) in [7, 11) is 0. The molecular weight excluding hydrogens is 600 g/mol. The molecule has 0 spiro atoms. The number of aromatic nitrogens is 2. The Morgan fingerprint density at radius 2 is 1.98 bits per heavy atom. The van der Waals surface area contributed by atoms with E-state index >= 15 is 0 Å². The number of amides is 1. The van der Waals surface area contributed by atoms with E-state index in [1.165, 1.54) is 11.0 Å². The number of carbonyl (C=O) groups excluding carboxylic acids is 1. The summed E-state index contributed by atoms with van der Waals surface area (Å²) in [6.07, 6.45) is 1.44. The van der Waals surface area contributed by atoms with Crippen LogP contribution in [0.15, 0.2) is 42.7 Å². The predicted octanol–water partition coefficient (Wildman–Crippen LogP) is 5.26. The van der Waals surface area contributed by atoms with E-state index in [9.17, 15) is 18.8 Å². The number of piperazine rings is 1. The number of halogens is 3. The Bertz CT molecular complexity index is 1680. The highest BCUT2D eigenvalue weighted by atomic mass is 35.5. The third-order valence-corrected chi connectivity index (χ3v) is 9.43. The summed E-state index contributed by atoms with van der Waals surface area (Å²) in [6, 6.07) is 11.2. The van der Waals surface area contributed by atoms with Crippen LogP contribution >= 0.6 is 11.6 Å². The lowest BCUT2D eigenvalue weighted by Gasteiger charge is -2.42. The van der Waals surface area contributed by atoms with Gasteiger partial charge in [-0.25, -0.2) is 8.78 Å². The molecule has 2 saturated heterocycles. The molecule has 1 amide bonds. The molecule has 0 bridgehead atoms. The number of carbonyl (C=O) groups is 1. The number of rotatable bonds is 7. The van der Waals surface area contributed by atoms with Crippen molar-refractivity contribution in [1.82, 2.24) is 19.8 Å². The summed E-state index contributed by atoms with van der Waals surface area (Å²) >= 11 is 6.49. The molecule has 0 N–H and O–H groups in total. The molecule has 0 saturated carbocycles. The van der Waals surface area contributed by atoms with Gasteiger partial charge in [0.1, 0.15) is 17.7 Å². The van der Waals surface area contributed by atoms with Crippen LogP contribution in [-0.2, 0) is 17.8 Å². The molecule has 3 aromatic rings. The quantitative estimate of drug-likeness (QED) is 0.325. The molecule has 2 aromatic carbocycles. The molecule has 2 fully saturated rings. The minimum atomic E-state index is -1.04. The summed E-state index contributed by atoms with van der Waals surface area (Å²) in [5.41, 5.74) is 2.56. The van der Waals surface area contributed by atoms with Crippen LogP contribution in [0.1, 0.15) is 37.9 Å². The number of likely N-dealkylation sites (tertiary alicyclic amines) is 1. The van der Waals surface area contributed by atoms with Gasteiger partial charge in [-0.2, -0.15) is 15.2 Å². The number of nitriles is 1. The molecule has 3 aliphatic heterocycles. The summed E-state index contributed by atoms with van der Waals surface area (Å²) in [5, 5.41) is 11.1. The number of nitrogens with zero attached hydrogens (tertiary/aromatic N) is 7. The van der Waals surface area contributed by atoms with Crippen LogP contribution in [0.3, 0.4) is 0 Å². The van der Waals surface area contributed by atoms with Crippen molar-refractivity contribution in [3.63, 3.8) is 0 Å². The normalized spacial score (nSPS) is 20.4. The first-order valence-corrected chi connectivity index (χ1v) is 15.7. The van der Waals surface area contributed by atoms with Crippen molar-refractivity contribution in [2.24, 2.45) is 0 Å². The third-order valence-electron chi connectivity index (χ3n) is 9.06. The number of hydrogen-bond acceptors (Lipinski definition) is 8. The maximum atomic E-state index is 14.6. The van der Waals surface area contributed by atoms with Gasteiger partial charge >= 0.3 is 6.01 Å². The number of hydrogen-bond donors (Lipinski definition) is 0. The maximum absolute atomic E-state index is 14.6. The van der Waals surface area contributed by atoms with Gasteiger partial charge in [0, 0.05) is 61.9 Å². The van der Waals surface area contributed by atoms with Crippen molar-refractivity contribution >= 4 is 39.8 Å². The van der Waals surface area contributed by atoms with Crippen LogP contribution in [0, 0.1) is 17.1 Å². The highest BCUT2D eigenvalue weighted by Gasteiger charge is 2.35. The Morgan fingerprint density at radius 1 is 1.16 bits per heavy atom. The molecular formula is C33H36ClF2N7O2. The van der Waals surface area contributed by atoms with Crippen LogP contribution in [0.2, 0.25) is 5.02 Å². The molecule has 4 heterocycles. The molecule has 6 rings (SSSR count). The highest BCUT2D eigenvalue weighted by Crippen LogP contribution is 2.38. The second-order valence-electron chi connectivity index (χ2n) is 12.1. The van der Waals surface area contributed by atoms with Gasteiger partial charge < -0.3 is 19.4 Å². The number of fused-ring (bicyclic) bond motifs is 2. The lowest BCUT2D eigenvalue weighted by atomic mass is 10.0. The smallest absolute Gasteiger partial charge is 0.318 e. The van der Waals surface area contributed by atoms with Gasteiger partial charge in [-0.1, -0.05) is 36.4 Å². The predicted molar refractivity (Wildman–Crippen MR) is 170 cm³/mol. The van der Waals surface area contributed by atoms with Crippen molar-refractivity contribution in [1.29, 1.82) is 5.26 Å².